The summed E-state index contributed by atoms with van der Waals surface area (Å²) in [6.07, 6.45) is 1.23. The minimum absolute atomic E-state index is 0.00712. The first-order chi connectivity index (χ1) is 8.04. The molecule has 1 aromatic rings. The zero-order valence-electron chi connectivity index (χ0n) is 9.80. The summed E-state index contributed by atoms with van der Waals surface area (Å²) in [6.45, 7) is 4.07. The largest absolute Gasteiger partial charge is 0.369 e. The van der Waals surface area contributed by atoms with Crippen LogP contribution in [0.15, 0.2) is 12.3 Å². The summed E-state index contributed by atoms with van der Waals surface area (Å²) in [6, 6.07) is 1.62. The number of anilines is 1. The van der Waals surface area contributed by atoms with E-state index in [1.807, 2.05) is 6.92 Å². The molecule has 0 fully saturated rings. The minimum atomic E-state index is -0.816. The van der Waals surface area contributed by atoms with Gasteiger partial charge in [-0.15, -0.1) is 0 Å². The third-order valence-electron chi connectivity index (χ3n) is 2.24. The molecule has 0 spiro atoms. The maximum Gasteiger partial charge on any atom is 0.290 e. The Morgan fingerprint density at radius 2 is 2.29 bits per heavy atom. The molecule has 1 heterocycles. The number of pyridine rings is 1. The Labute approximate surface area is 102 Å². The van der Waals surface area contributed by atoms with Crippen LogP contribution in [0.3, 0.4) is 0 Å². The zero-order valence-corrected chi connectivity index (χ0v) is 10.6. The summed E-state index contributed by atoms with van der Waals surface area (Å²) in [5, 5.41) is 13.6. The molecule has 0 saturated heterocycles. The maximum atomic E-state index is 11.2. The first-order valence-electron chi connectivity index (χ1n) is 5.24. The molecule has 0 aliphatic rings. The normalized spacial score (nSPS) is 12.1. The van der Waals surface area contributed by atoms with Gasteiger partial charge < -0.3 is 5.32 Å². The molecule has 1 aromatic heterocycles. The fourth-order valence-electron chi connectivity index (χ4n) is 1.27. The third kappa shape index (κ3) is 4.10. The molecule has 0 amide bonds. The fraction of sp³-hybridized carbons (Fsp3) is 0.500. The summed E-state index contributed by atoms with van der Waals surface area (Å²) < 4.78 is 11.2. The van der Waals surface area contributed by atoms with Crippen LogP contribution in [0.25, 0.3) is 0 Å². The monoisotopic (exact) mass is 257 g/mol. The highest BCUT2D eigenvalue weighted by atomic mass is 32.2. The van der Waals surface area contributed by atoms with Gasteiger partial charge in [0.25, 0.3) is 5.69 Å². The van der Waals surface area contributed by atoms with E-state index in [9.17, 15) is 14.3 Å². The SMILES string of the molecule is CCS(=O)CCNc1cc(C)c([N+](=O)[O-])cn1. The number of nitrogens with zero attached hydrogens (tertiary/aromatic N) is 2. The van der Waals surface area contributed by atoms with Crippen molar-refractivity contribution in [2.45, 2.75) is 13.8 Å². The first kappa shape index (κ1) is 13.6. The van der Waals surface area contributed by atoms with Crippen LogP contribution in [-0.4, -0.2) is 32.2 Å². The minimum Gasteiger partial charge on any atom is -0.369 e. The van der Waals surface area contributed by atoms with Crippen LogP contribution in [0.5, 0.6) is 0 Å². The van der Waals surface area contributed by atoms with Crippen molar-refractivity contribution in [3.8, 4) is 0 Å². The number of nitrogens with one attached hydrogen (secondary N) is 1. The fourth-order valence-corrected chi connectivity index (χ4v) is 1.89. The van der Waals surface area contributed by atoms with Crippen LogP contribution in [0.2, 0.25) is 0 Å². The lowest BCUT2D eigenvalue weighted by atomic mass is 10.2. The van der Waals surface area contributed by atoms with E-state index < -0.39 is 15.7 Å². The number of hydrogen-bond acceptors (Lipinski definition) is 5. The van der Waals surface area contributed by atoms with E-state index in [-0.39, 0.29) is 5.69 Å². The van der Waals surface area contributed by atoms with E-state index in [0.29, 0.717) is 29.4 Å². The molecule has 1 N–H and O–H groups in total. The quantitative estimate of drug-likeness (QED) is 0.616. The van der Waals surface area contributed by atoms with E-state index >= 15 is 0 Å². The van der Waals surface area contributed by atoms with Gasteiger partial charge >= 0.3 is 0 Å². The Hall–Kier alpha value is -1.50. The molecule has 1 rings (SSSR count). The van der Waals surface area contributed by atoms with E-state index in [1.54, 1.807) is 13.0 Å². The molecular formula is C10H15N3O3S. The van der Waals surface area contributed by atoms with Gasteiger partial charge in [-0.25, -0.2) is 4.98 Å². The summed E-state index contributed by atoms with van der Waals surface area (Å²) in [5.74, 6) is 1.75. The number of aromatic nitrogens is 1. The van der Waals surface area contributed by atoms with Crippen LogP contribution >= 0.6 is 0 Å². The summed E-state index contributed by atoms with van der Waals surface area (Å²) >= 11 is 0. The molecular weight excluding hydrogens is 242 g/mol. The molecule has 6 nitrogen and oxygen atoms in total. The second-order valence-electron chi connectivity index (χ2n) is 3.47. The number of aryl methyl sites for hydroxylation is 1. The van der Waals surface area contributed by atoms with E-state index in [2.05, 4.69) is 10.3 Å². The lowest BCUT2D eigenvalue weighted by Gasteiger charge is -2.05. The Morgan fingerprint density at radius 3 is 2.82 bits per heavy atom. The maximum absolute atomic E-state index is 11.2. The van der Waals surface area contributed by atoms with Crippen molar-refractivity contribution in [2.24, 2.45) is 0 Å². The topological polar surface area (TPSA) is 85.1 Å². The van der Waals surface area contributed by atoms with Crippen molar-refractivity contribution in [3.63, 3.8) is 0 Å². The average molecular weight is 257 g/mol. The molecule has 0 radical (unpaired) electrons. The van der Waals surface area contributed by atoms with E-state index in [4.69, 9.17) is 0 Å². The molecule has 0 aromatic carbocycles. The highest BCUT2D eigenvalue weighted by molar-refractivity contribution is 7.84. The number of rotatable bonds is 6. The van der Waals surface area contributed by atoms with Crippen molar-refractivity contribution < 1.29 is 9.13 Å². The van der Waals surface area contributed by atoms with E-state index in [1.165, 1.54) is 6.20 Å². The Morgan fingerprint density at radius 1 is 1.59 bits per heavy atom. The smallest absolute Gasteiger partial charge is 0.290 e. The van der Waals surface area contributed by atoms with Crippen LogP contribution in [0.4, 0.5) is 11.5 Å². The van der Waals surface area contributed by atoms with Gasteiger partial charge in [0, 0.05) is 34.4 Å². The van der Waals surface area contributed by atoms with Gasteiger partial charge in [-0.1, -0.05) is 6.92 Å². The Bertz CT molecular complexity index is 437. The second kappa shape index (κ2) is 6.29. The van der Waals surface area contributed by atoms with Crippen LogP contribution in [-0.2, 0) is 10.8 Å². The Balaban J connectivity index is 2.59. The highest BCUT2D eigenvalue weighted by Gasteiger charge is 2.11. The predicted octanol–water partition coefficient (Wildman–Crippen LogP) is 1.48. The van der Waals surface area contributed by atoms with Crippen LogP contribution in [0.1, 0.15) is 12.5 Å². The van der Waals surface area contributed by atoms with Crippen molar-refractivity contribution >= 4 is 22.3 Å². The first-order valence-corrected chi connectivity index (χ1v) is 6.73. The van der Waals surface area contributed by atoms with Crippen molar-refractivity contribution in [3.05, 3.63) is 27.9 Å². The summed E-state index contributed by atoms with van der Waals surface area (Å²) in [7, 11) is -0.816. The predicted molar refractivity (Wildman–Crippen MR) is 67.7 cm³/mol. The second-order valence-corrected chi connectivity index (χ2v) is 5.34. The van der Waals surface area contributed by atoms with Crippen molar-refractivity contribution in [1.82, 2.24) is 4.98 Å². The Kier molecular flexibility index (Phi) is 5.02. The molecule has 1 atom stereocenters. The van der Waals surface area contributed by atoms with Crippen molar-refractivity contribution in [2.75, 3.05) is 23.4 Å². The molecule has 1 unspecified atom stereocenters. The van der Waals surface area contributed by atoms with Gasteiger partial charge in [0.15, 0.2) is 0 Å². The summed E-state index contributed by atoms with van der Waals surface area (Å²) in [5.41, 5.74) is 0.566. The van der Waals surface area contributed by atoms with Gasteiger partial charge in [-0.2, -0.15) is 0 Å². The van der Waals surface area contributed by atoms with Gasteiger partial charge in [-0.3, -0.25) is 14.3 Å². The molecule has 0 bridgehead atoms. The van der Waals surface area contributed by atoms with Gasteiger partial charge in [-0.05, 0) is 13.0 Å². The average Bonchev–Trinajstić information content (AvgIpc) is 2.28. The van der Waals surface area contributed by atoms with Gasteiger partial charge in [0.1, 0.15) is 12.0 Å². The third-order valence-corrected chi connectivity index (χ3v) is 3.54. The number of hydrogen-bond donors (Lipinski definition) is 1. The standard InChI is InChI=1S/C10H15N3O3S/c1-3-17(16)5-4-11-10-6-8(2)9(7-12-10)13(14)15/h6-7H,3-5H2,1-2H3,(H,11,12). The lowest BCUT2D eigenvalue weighted by molar-refractivity contribution is -0.385. The highest BCUT2D eigenvalue weighted by Crippen LogP contribution is 2.18. The van der Waals surface area contributed by atoms with Crippen LogP contribution < -0.4 is 5.32 Å². The van der Waals surface area contributed by atoms with Crippen LogP contribution in [0, 0.1) is 17.0 Å². The van der Waals surface area contributed by atoms with E-state index in [0.717, 1.165) is 0 Å². The lowest BCUT2D eigenvalue weighted by Crippen LogP contribution is -2.12. The molecule has 0 aliphatic heterocycles. The molecule has 7 heteroatoms. The number of nitro groups is 1. The zero-order chi connectivity index (χ0) is 12.8. The molecule has 0 aliphatic carbocycles. The van der Waals surface area contributed by atoms with Crippen molar-refractivity contribution in [1.29, 1.82) is 0 Å². The van der Waals surface area contributed by atoms with Gasteiger partial charge in [0.2, 0.25) is 0 Å². The molecule has 0 saturated carbocycles. The summed E-state index contributed by atoms with van der Waals surface area (Å²) in [4.78, 5) is 14.1. The van der Waals surface area contributed by atoms with Gasteiger partial charge in [0.05, 0.1) is 4.92 Å². The molecule has 17 heavy (non-hydrogen) atoms. The molecule has 94 valence electrons.